The Balaban J connectivity index is 3.11. The van der Waals surface area contributed by atoms with E-state index in [9.17, 15) is 4.79 Å². The standard InChI is InChI=1S/C17H35NO3/c1-2-3-4-5-6-7-8-9-10-11-12-13-14-18-17(21)16(20)15-19/h16,19-20H,2-15H2,1H3,(H,18,21). The van der Waals surface area contributed by atoms with Crippen LogP contribution in [0.3, 0.4) is 0 Å². The minimum absolute atomic E-state index is 0.472. The van der Waals surface area contributed by atoms with E-state index in [1.54, 1.807) is 0 Å². The topological polar surface area (TPSA) is 69.6 Å². The molecule has 1 atom stereocenters. The first-order chi connectivity index (χ1) is 10.2. The molecule has 3 N–H and O–H groups in total. The second kappa shape index (κ2) is 15.8. The molecule has 0 aromatic carbocycles. The first-order valence-corrected chi connectivity index (χ1v) is 8.79. The van der Waals surface area contributed by atoms with Crippen LogP contribution in [0.5, 0.6) is 0 Å². The summed E-state index contributed by atoms with van der Waals surface area (Å²) in [6.45, 7) is 2.33. The van der Waals surface area contributed by atoms with Gasteiger partial charge >= 0.3 is 0 Å². The minimum atomic E-state index is -1.28. The second-order valence-electron chi connectivity index (χ2n) is 5.88. The molecule has 4 nitrogen and oxygen atoms in total. The van der Waals surface area contributed by atoms with Crippen LogP contribution < -0.4 is 5.32 Å². The van der Waals surface area contributed by atoms with Crippen LogP contribution in [0.25, 0.3) is 0 Å². The van der Waals surface area contributed by atoms with E-state index in [1.807, 2.05) is 0 Å². The molecule has 21 heavy (non-hydrogen) atoms. The summed E-state index contributed by atoms with van der Waals surface area (Å²) >= 11 is 0. The molecule has 0 aliphatic carbocycles. The zero-order valence-electron chi connectivity index (χ0n) is 13.8. The molecule has 4 heteroatoms. The summed E-state index contributed by atoms with van der Waals surface area (Å²) in [5.41, 5.74) is 0. The summed E-state index contributed by atoms with van der Waals surface area (Å²) in [5.74, 6) is -0.472. The summed E-state index contributed by atoms with van der Waals surface area (Å²) in [7, 11) is 0. The average molecular weight is 301 g/mol. The van der Waals surface area contributed by atoms with Crippen LogP contribution >= 0.6 is 0 Å². The van der Waals surface area contributed by atoms with E-state index >= 15 is 0 Å². The normalized spacial score (nSPS) is 12.3. The largest absolute Gasteiger partial charge is 0.393 e. The molecule has 126 valence electrons. The fourth-order valence-corrected chi connectivity index (χ4v) is 2.38. The van der Waals surface area contributed by atoms with Gasteiger partial charge in [0.25, 0.3) is 5.91 Å². The van der Waals surface area contributed by atoms with Gasteiger partial charge in [0.15, 0.2) is 6.10 Å². The van der Waals surface area contributed by atoms with Crippen molar-refractivity contribution in [2.75, 3.05) is 13.2 Å². The van der Waals surface area contributed by atoms with E-state index in [0.717, 1.165) is 12.8 Å². The number of hydrogen-bond donors (Lipinski definition) is 3. The van der Waals surface area contributed by atoms with Gasteiger partial charge in [0, 0.05) is 6.54 Å². The molecule has 0 bridgehead atoms. The highest BCUT2D eigenvalue weighted by atomic mass is 16.3. The third kappa shape index (κ3) is 14.1. The molecule has 1 unspecified atom stereocenters. The fourth-order valence-electron chi connectivity index (χ4n) is 2.38. The number of carbonyl (C=O) groups is 1. The first-order valence-electron chi connectivity index (χ1n) is 8.79. The maximum absolute atomic E-state index is 11.2. The highest BCUT2D eigenvalue weighted by Gasteiger charge is 2.11. The van der Waals surface area contributed by atoms with Crippen molar-refractivity contribution in [3.8, 4) is 0 Å². The molecule has 0 radical (unpaired) electrons. The summed E-state index contributed by atoms with van der Waals surface area (Å²) in [6, 6.07) is 0. The number of carbonyl (C=O) groups excluding carboxylic acids is 1. The lowest BCUT2D eigenvalue weighted by molar-refractivity contribution is -0.131. The molecule has 0 heterocycles. The van der Waals surface area contributed by atoms with Gasteiger partial charge in [0.1, 0.15) is 0 Å². The Bertz CT molecular complexity index is 234. The Labute approximate surface area is 130 Å². The van der Waals surface area contributed by atoms with Crippen molar-refractivity contribution in [1.82, 2.24) is 5.32 Å². The van der Waals surface area contributed by atoms with Crippen LogP contribution in [0.1, 0.15) is 84.0 Å². The van der Waals surface area contributed by atoms with E-state index in [4.69, 9.17) is 10.2 Å². The van der Waals surface area contributed by atoms with Crippen LogP contribution in [-0.2, 0) is 4.79 Å². The van der Waals surface area contributed by atoms with E-state index in [1.165, 1.54) is 64.2 Å². The number of rotatable bonds is 15. The number of hydrogen-bond acceptors (Lipinski definition) is 3. The Morgan fingerprint density at radius 3 is 1.71 bits per heavy atom. The van der Waals surface area contributed by atoms with Gasteiger partial charge in [0.2, 0.25) is 0 Å². The first kappa shape index (κ1) is 20.4. The monoisotopic (exact) mass is 301 g/mol. The van der Waals surface area contributed by atoms with Crippen molar-refractivity contribution in [3.63, 3.8) is 0 Å². The SMILES string of the molecule is CCCCCCCCCCCCCCNC(=O)C(O)CO. The van der Waals surface area contributed by atoms with E-state index in [-0.39, 0.29) is 0 Å². The van der Waals surface area contributed by atoms with Gasteiger partial charge in [-0.1, -0.05) is 77.6 Å². The lowest BCUT2D eigenvalue weighted by atomic mass is 10.1. The molecule has 0 aromatic heterocycles. The number of amides is 1. The maximum atomic E-state index is 11.2. The molecule has 0 aliphatic heterocycles. The summed E-state index contributed by atoms with van der Waals surface area (Å²) < 4.78 is 0. The Kier molecular flexibility index (Phi) is 15.3. The van der Waals surface area contributed by atoms with Crippen LogP contribution in [0, 0.1) is 0 Å². The van der Waals surface area contributed by atoms with Gasteiger partial charge < -0.3 is 15.5 Å². The quantitative estimate of drug-likeness (QED) is 0.407. The molecule has 0 saturated carbocycles. The Morgan fingerprint density at radius 1 is 0.857 bits per heavy atom. The molecule has 0 aliphatic rings. The van der Waals surface area contributed by atoms with E-state index in [2.05, 4.69) is 12.2 Å². The fraction of sp³-hybridized carbons (Fsp3) is 0.941. The van der Waals surface area contributed by atoms with Crippen molar-refractivity contribution in [2.24, 2.45) is 0 Å². The van der Waals surface area contributed by atoms with Crippen LogP contribution in [0.4, 0.5) is 0 Å². The van der Waals surface area contributed by atoms with Gasteiger partial charge in [-0.15, -0.1) is 0 Å². The number of aliphatic hydroxyl groups excluding tert-OH is 2. The predicted octanol–water partition coefficient (Wildman–Crippen LogP) is 3.16. The van der Waals surface area contributed by atoms with E-state index < -0.39 is 18.6 Å². The van der Waals surface area contributed by atoms with Crippen molar-refractivity contribution in [2.45, 2.75) is 90.1 Å². The van der Waals surface area contributed by atoms with Crippen LogP contribution in [0.15, 0.2) is 0 Å². The van der Waals surface area contributed by atoms with Crippen molar-refractivity contribution in [1.29, 1.82) is 0 Å². The third-order valence-corrected chi connectivity index (χ3v) is 3.81. The molecular formula is C17H35NO3. The van der Waals surface area contributed by atoms with Crippen molar-refractivity contribution < 1.29 is 15.0 Å². The lowest BCUT2D eigenvalue weighted by Gasteiger charge is -2.08. The van der Waals surface area contributed by atoms with Gasteiger partial charge in [-0.25, -0.2) is 0 Å². The molecule has 0 aromatic rings. The lowest BCUT2D eigenvalue weighted by Crippen LogP contribution is -2.37. The molecule has 0 rings (SSSR count). The highest BCUT2D eigenvalue weighted by molar-refractivity contribution is 5.80. The van der Waals surface area contributed by atoms with Gasteiger partial charge in [-0.3, -0.25) is 4.79 Å². The number of nitrogens with one attached hydrogen (secondary N) is 1. The van der Waals surface area contributed by atoms with E-state index in [0.29, 0.717) is 6.54 Å². The summed E-state index contributed by atoms with van der Waals surface area (Å²) in [6.07, 6.45) is 14.2. The minimum Gasteiger partial charge on any atom is -0.393 e. The highest BCUT2D eigenvalue weighted by Crippen LogP contribution is 2.11. The van der Waals surface area contributed by atoms with Gasteiger partial charge in [0.05, 0.1) is 6.61 Å². The van der Waals surface area contributed by atoms with Crippen LogP contribution in [-0.4, -0.2) is 35.4 Å². The number of aliphatic hydroxyl groups is 2. The third-order valence-electron chi connectivity index (χ3n) is 3.81. The smallest absolute Gasteiger partial charge is 0.251 e. The Hall–Kier alpha value is -0.610. The molecule has 0 fully saturated rings. The van der Waals surface area contributed by atoms with Crippen molar-refractivity contribution in [3.05, 3.63) is 0 Å². The van der Waals surface area contributed by atoms with Crippen molar-refractivity contribution >= 4 is 5.91 Å². The van der Waals surface area contributed by atoms with Gasteiger partial charge in [-0.2, -0.15) is 0 Å². The molecule has 0 spiro atoms. The average Bonchev–Trinajstić information content (AvgIpc) is 2.50. The molecule has 0 saturated heterocycles. The van der Waals surface area contributed by atoms with Crippen LogP contribution in [0.2, 0.25) is 0 Å². The zero-order chi connectivity index (χ0) is 15.8. The Morgan fingerprint density at radius 2 is 1.29 bits per heavy atom. The number of unbranched alkanes of at least 4 members (excludes halogenated alkanes) is 11. The second-order valence-corrected chi connectivity index (χ2v) is 5.88. The summed E-state index contributed by atoms with van der Waals surface area (Å²) in [5, 5.41) is 20.3. The summed E-state index contributed by atoms with van der Waals surface area (Å²) in [4.78, 5) is 11.2. The zero-order valence-corrected chi connectivity index (χ0v) is 13.8. The predicted molar refractivity (Wildman–Crippen MR) is 87.2 cm³/mol. The molecule has 1 amide bonds. The maximum Gasteiger partial charge on any atom is 0.251 e. The molecular weight excluding hydrogens is 266 g/mol. The van der Waals surface area contributed by atoms with Gasteiger partial charge in [-0.05, 0) is 6.42 Å².